The van der Waals surface area contributed by atoms with E-state index < -0.39 is 23.6 Å². The van der Waals surface area contributed by atoms with Gasteiger partial charge in [0.2, 0.25) is 0 Å². The number of nitrogens with zero attached hydrogens (tertiary/aromatic N) is 1. The highest BCUT2D eigenvalue weighted by Gasteiger charge is 2.22. The minimum atomic E-state index is -0.651. The van der Waals surface area contributed by atoms with Crippen LogP contribution in [-0.4, -0.2) is 23.0 Å². The van der Waals surface area contributed by atoms with Gasteiger partial charge in [0.15, 0.2) is 6.29 Å². The average Bonchev–Trinajstić information content (AvgIpc) is 2.34. The van der Waals surface area contributed by atoms with Gasteiger partial charge < -0.3 is 10.1 Å². The molecule has 1 heterocycles. The van der Waals surface area contributed by atoms with E-state index in [1.807, 2.05) is 0 Å². The number of rotatable bonds is 4. The lowest BCUT2D eigenvalue weighted by molar-refractivity contribution is 0.0500. The third-order valence-corrected chi connectivity index (χ3v) is 2.44. The van der Waals surface area contributed by atoms with E-state index in [2.05, 4.69) is 10.3 Å². The first-order valence-electron chi connectivity index (χ1n) is 6.38. The van der Waals surface area contributed by atoms with Crippen LogP contribution in [0.2, 0.25) is 0 Å². The van der Waals surface area contributed by atoms with Crippen LogP contribution >= 0.6 is 0 Å². The number of amides is 1. The Morgan fingerprint density at radius 3 is 2.65 bits per heavy atom. The maximum atomic E-state index is 13.8. The first kappa shape index (κ1) is 16.1. The molecule has 0 fully saturated rings. The monoisotopic (exact) mass is 282 g/mol. The van der Waals surface area contributed by atoms with E-state index in [0.717, 1.165) is 6.07 Å². The topological polar surface area (TPSA) is 68.3 Å². The Morgan fingerprint density at radius 2 is 2.15 bits per heavy atom. The lowest BCUT2D eigenvalue weighted by Gasteiger charge is -2.23. The van der Waals surface area contributed by atoms with Crippen LogP contribution in [0.5, 0.6) is 0 Å². The lowest BCUT2D eigenvalue weighted by atomic mass is 10.1. The second-order valence-electron chi connectivity index (χ2n) is 5.33. The number of hydrogen-bond donors (Lipinski definition) is 1. The van der Waals surface area contributed by atoms with E-state index in [1.54, 1.807) is 27.7 Å². The van der Waals surface area contributed by atoms with Crippen molar-refractivity contribution in [2.75, 3.05) is 0 Å². The minimum Gasteiger partial charge on any atom is -0.444 e. The number of pyridine rings is 1. The predicted octanol–water partition coefficient (Wildman–Crippen LogP) is 3.01. The molecule has 1 aromatic rings. The number of nitrogens with one attached hydrogen (secondary N) is 1. The molecule has 110 valence electrons. The summed E-state index contributed by atoms with van der Waals surface area (Å²) in [6.07, 6.45) is 0.302. The van der Waals surface area contributed by atoms with Gasteiger partial charge in [-0.2, -0.15) is 0 Å². The Balaban J connectivity index is 2.91. The lowest BCUT2D eigenvalue weighted by Crippen LogP contribution is -2.35. The minimum absolute atomic E-state index is 0.0305. The van der Waals surface area contributed by atoms with Crippen molar-refractivity contribution in [1.29, 1.82) is 0 Å². The first-order valence-corrected chi connectivity index (χ1v) is 6.38. The van der Waals surface area contributed by atoms with Crippen molar-refractivity contribution in [2.24, 2.45) is 0 Å². The molecule has 1 amide bonds. The Morgan fingerprint density at radius 1 is 1.50 bits per heavy atom. The Labute approximate surface area is 117 Å². The van der Waals surface area contributed by atoms with Gasteiger partial charge in [-0.15, -0.1) is 0 Å². The van der Waals surface area contributed by atoms with Crippen molar-refractivity contribution in [2.45, 2.75) is 45.8 Å². The molecular formula is C14H19FN2O3. The van der Waals surface area contributed by atoms with Gasteiger partial charge in [0.25, 0.3) is 0 Å². The van der Waals surface area contributed by atoms with Gasteiger partial charge in [0.05, 0.1) is 11.7 Å². The summed E-state index contributed by atoms with van der Waals surface area (Å²) in [6.45, 7) is 6.98. The van der Waals surface area contributed by atoms with Gasteiger partial charge >= 0.3 is 6.09 Å². The molecule has 1 atom stereocenters. The average molecular weight is 282 g/mol. The number of alkyl carbamates (subject to hydrolysis) is 1. The molecule has 0 bridgehead atoms. The van der Waals surface area contributed by atoms with Crippen molar-refractivity contribution < 1.29 is 18.7 Å². The maximum absolute atomic E-state index is 13.8. The van der Waals surface area contributed by atoms with E-state index in [-0.39, 0.29) is 11.4 Å². The van der Waals surface area contributed by atoms with Crippen LogP contribution in [0.3, 0.4) is 0 Å². The van der Waals surface area contributed by atoms with Crippen molar-refractivity contribution in [3.8, 4) is 0 Å². The number of carbonyl (C=O) groups excluding carboxylic acids is 2. The second-order valence-corrected chi connectivity index (χ2v) is 5.33. The van der Waals surface area contributed by atoms with Gasteiger partial charge in [-0.1, -0.05) is 6.92 Å². The molecule has 0 saturated carbocycles. The van der Waals surface area contributed by atoms with E-state index in [1.165, 1.54) is 6.07 Å². The summed E-state index contributed by atoms with van der Waals surface area (Å²) in [4.78, 5) is 26.3. The van der Waals surface area contributed by atoms with Crippen LogP contribution in [0, 0.1) is 5.82 Å². The zero-order valence-corrected chi connectivity index (χ0v) is 12.1. The molecule has 1 unspecified atom stereocenters. The van der Waals surface area contributed by atoms with E-state index in [0.29, 0.717) is 12.7 Å². The summed E-state index contributed by atoms with van der Waals surface area (Å²) in [6, 6.07) is 1.79. The van der Waals surface area contributed by atoms with Crippen molar-refractivity contribution >= 4 is 12.4 Å². The second kappa shape index (κ2) is 6.45. The van der Waals surface area contributed by atoms with Gasteiger partial charge in [-0.25, -0.2) is 14.2 Å². The van der Waals surface area contributed by atoms with E-state index in [4.69, 9.17) is 4.74 Å². The predicted molar refractivity (Wildman–Crippen MR) is 72.0 cm³/mol. The molecule has 0 aliphatic rings. The molecular weight excluding hydrogens is 263 g/mol. The summed E-state index contributed by atoms with van der Waals surface area (Å²) in [5, 5.41) is 2.55. The first-order chi connectivity index (χ1) is 9.26. The summed E-state index contributed by atoms with van der Waals surface area (Å²) in [5.41, 5.74) is -0.493. The van der Waals surface area contributed by atoms with Crippen molar-refractivity contribution in [3.05, 3.63) is 29.3 Å². The molecule has 1 N–H and O–H groups in total. The highest BCUT2D eigenvalue weighted by atomic mass is 19.1. The zero-order valence-electron chi connectivity index (χ0n) is 12.1. The third kappa shape index (κ3) is 4.60. The largest absolute Gasteiger partial charge is 0.444 e. The molecule has 1 rings (SSSR count). The quantitative estimate of drug-likeness (QED) is 0.862. The standard InChI is InChI=1S/C14H19FN2O3/c1-5-11(17-13(19)20-14(2,3)4)12-10(15)7-6-9(8-18)16-12/h6-8,11H,5H2,1-4H3,(H,17,19). The fourth-order valence-corrected chi connectivity index (χ4v) is 1.60. The number of carbonyl (C=O) groups is 2. The molecule has 0 radical (unpaired) electrons. The smallest absolute Gasteiger partial charge is 0.408 e. The van der Waals surface area contributed by atoms with Gasteiger partial charge in [0.1, 0.15) is 17.1 Å². The highest BCUT2D eigenvalue weighted by Crippen LogP contribution is 2.19. The van der Waals surface area contributed by atoms with Gasteiger partial charge in [-0.05, 0) is 39.3 Å². The van der Waals surface area contributed by atoms with E-state index >= 15 is 0 Å². The molecule has 5 nitrogen and oxygen atoms in total. The SMILES string of the molecule is CCC(NC(=O)OC(C)(C)C)c1nc(C=O)ccc1F. The zero-order chi connectivity index (χ0) is 15.3. The summed E-state index contributed by atoms with van der Waals surface area (Å²) in [5.74, 6) is -0.571. The molecule has 0 spiro atoms. The van der Waals surface area contributed by atoms with Crippen LogP contribution < -0.4 is 5.32 Å². The molecule has 1 aromatic heterocycles. The summed E-state index contributed by atoms with van der Waals surface area (Å²) < 4.78 is 18.9. The molecule has 0 saturated heterocycles. The summed E-state index contributed by atoms with van der Waals surface area (Å²) >= 11 is 0. The summed E-state index contributed by atoms with van der Waals surface area (Å²) in [7, 11) is 0. The molecule has 20 heavy (non-hydrogen) atoms. The van der Waals surface area contributed by atoms with Crippen molar-refractivity contribution in [3.63, 3.8) is 0 Å². The van der Waals surface area contributed by atoms with Crippen LogP contribution in [-0.2, 0) is 4.74 Å². The van der Waals surface area contributed by atoms with Crippen LogP contribution in [0.4, 0.5) is 9.18 Å². The number of ether oxygens (including phenoxy) is 1. The molecule has 0 aliphatic carbocycles. The Kier molecular flexibility index (Phi) is 5.19. The van der Waals surface area contributed by atoms with Gasteiger partial charge in [0, 0.05) is 0 Å². The molecule has 0 aromatic carbocycles. The number of aromatic nitrogens is 1. The van der Waals surface area contributed by atoms with Crippen molar-refractivity contribution in [1.82, 2.24) is 10.3 Å². The Hall–Kier alpha value is -1.98. The maximum Gasteiger partial charge on any atom is 0.408 e. The van der Waals surface area contributed by atoms with Crippen LogP contribution in [0.25, 0.3) is 0 Å². The highest BCUT2D eigenvalue weighted by molar-refractivity contribution is 5.72. The number of halogens is 1. The fraction of sp³-hybridized carbons (Fsp3) is 0.500. The van der Waals surface area contributed by atoms with E-state index in [9.17, 15) is 14.0 Å². The normalized spacial score (nSPS) is 12.7. The third-order valence-electron chi connectivity index (χ3n) is 2.44. The number of aldehydes is 1. The number of hydrogen-bond acceptors (Lipinski definition) is 4. The Bertz CT molecular complexity index is 498. The molecule has 0 aliphatic heterocycles. The van der Waals surface area contributed by atoms with Gasteiger partial charge in [-0.3, -0.25) is 4.79 Å². The van der Waals surface area contributed by atoms with Crippen LogP contribution in [0.1, 0.15) is 56.3 Å². The molecule has 6 heteroatoms. The van der Waals surface area contributed by atoms with Crippen LogP contribution in [0.15, 0.2) is 12.1 Å². The fourth-order valence-electron chi connectivity index (χ4n) is 1.60.